The number of rotatable bonds is 6. The molecule has 3 nitrogen and oxygen atoms in total. The maximum Gasteiger partial charge on any atom is 0.323 e. The molecule has 0 aromatic rings. The van der Waals surface area contributed by atoms with Crippen molar-refractivity contribution in [3.63, 3.8) is 0 Å². The van der Waals surface area contributed by atoms with Crippen LogP contribution in [0.3, 0.4) is 0 Å². The summed E-state index contributed by atoms with van der Waals surface area (Å²) >= 11 is 4.01. The molecule has 0 bridgehead atoms. The molecule has 1 fully saturated rings. The number of hydrogen-bond acceptors (Lipinski definition) is 5. The van der Waals surface area contributed by atoms with E-state index in [1.54, 1.807) is 0 Å². The van der Waals surface area contributed by atoms with Gasteiger partial charge in [-0.15, -0.1) is 0 Å². The van der Waals surface area contributed by atoms with Crippen LogP contribution < -0.4 is 5.32 Å². The molecule has 16 heavy (non-hydrogen) atoms. The zero-order valence-electron chi connectivity index (χ0n) is 10.0. The van der Waals surface area contributed by atoms with Crippen molar-refractivity contribution in [2.75, 3.05) is 30.4 Å². The second kappa shape index (κ2) is 8.25. The van der Waals surface area contributed by atoms with Gasteiger partial charge in [0.05, 0.1) is 6.61 Å². The highest BCUT2D eigenvalue weighted by molar-refractivity contribution is 8.06. The van der Waals surface area contributed by atoms with Gasteiger partial charge in [0.2, 0.25) is 0 Å². The first-order valence-corrected chi connectivity index (χ1v) is 8.07. The Bertz CT molecular complexity index is 208. The van der Waals surface area contributed by atoms with Crippen molar-refractivity contribution < 1.29 is 9.53 Å². The van der Waals surface area contributed by atoms with E-state index < -0.39 is 0 Å². The molecule has 94 valence electrons. The Labute approximate surface area is 106 Å². The van der Waals surface area contributed by atoms with E-state index in [-0.39, 0.29) is 12.0 Å². The van der Waals surface area contributed by atoms with Gasteiger partial charge in [-0.2, -0.15) is 23.5 Å². The van der Waals surface area contributed by atoms with Gasteiger partial charge in [-0.05, 0) is 13.3 Å². The van der Waals surface area contributed by atoms with Gasteiger partial charge >= 0.3 is 5.97 Å². The molecule has 1 aliphatic heterocycles. The molecule has 1 saturated heterocycles. The predicted molar refractivity (Wildman–Crippen MR) is 72.3 cm³/mol. The lowest BCUT2D eigenvalue weighted by molar-refractivity contribution is -0.145. The molecule has 2 unspecified atom stereocenters. The molecular formula is C11H21NO2S2. The van der Waals surface area contributed by atoms with Gasteiger partial charge in [-0.3, -0.25) is 4.79 Å². The number of thioether (sulfide) groups is 2. The van der Waals surface area contributed by atoms with Gasteiger partial charge in [-0.1, -0.05) is 6.92 Å². The third kappa shape index (κ3) is 4.97. The number of esters is 1. The molecule has 0 saturated carbocycles. The van der Waals surface area contributed by atoms with Gasteiger partial charge < -0.3 is 10.1 Å². The fraction of sp³-hybridized carbons (Fsp3) is 0.909. The van der Waals surface area contributed by atoms with Crippen LogP contribution in [0.4, 0.5) is 0 Å². The minimum atomic E-state index is -0.132. The van der Waals surface area contributed by atoms with Crippen molar-refractivity contribution in [2.24, 2.45) is 0 Å². The van der Waals surface area contributed by atoms with E-state index in [9.17, 15) is 4.79 Å². The Morgan fingerprint density at radius 3 is 2.88 bits per heavy atom. The van der Waals surface area contributed by atoms with E-state index in [2.05, 4.69) is 5.32 Å². The zero-order chi connectivity index (χ0) is 11.8. The van der Waals surface area contributed by atoms with E-state index in [1.807, 2.05) is 37.4 Å². The van der Waals surface area contributed by atoms with Crippen LogP contribution in [-0.4, -0.2) is 47.7 Å². The van der Waals surface area contributed by atoms with Gasteiger partial charge in [0, 0.05) is 29.1 Å². The van der Waals surface area contributed by atoms with Crippen LogP contribution >= 0.6 is 23.5 Å². The molecule has 1 N–H and O–H groups in total. The smallest absolute Gasteiger partial charge is 0.323 e. The Morgan fingerprint density at radius 1 is 1.50 bits per heavy atom. The predicted octanol–water partition coefficient (Wildman–Crippen LogP) is 1.77. The second-order valence-electron chi connectivity index (χ2n) is 3.69. The van der Waals surface area contributed by atoms with E-state index >= 15 is 0 Å². The van der Waals surface area contributed by atoms with Crippen molar-refractivity contribution in [3.8, 4) is 0 Å². The maximum absolute atomic E-state index is 11.6. The lowest BCUT2D eigenvalue weighted by atomic mass is 10.2. The summed E-state index contributed by atoms with van der Waals surface area (Å²) in [6.45, 7) is 5.23. The summed E-state index contributed by atoms with van der Waals surface area (Å²) in [5, 5.41) is 3.96. The highest BCUT2D eigenvalue weighted by Crippen LogP contribution is 2.23. The van der Waals surface area contributed by atoms with E-state index in [0.29, 0.717) is 11.9 Å². The average molecular weight is 263 g/mol. The normalized spacial score (nSPS) is 22.8. The van der Waals surface area contributed by atoms with Crippen molar-refractivity contribution in [2.45, 2.75) is 31.6 Å². The molecule has 0 amide bonds. The van der Waals surface area contributed by atoms with Crippen molar-refractivity contribution in [3.05, 3.63) is 0 Å². The molecule has 0 radical (unpaired) electrons. The molecular weight excluding hydrogens is 242 g/mol. The number of ether oxygens (including phenoxy) is 1. The van der Waals surface area contributed by atoms with Crippen LogP contribution in [-0.2, 0) is 9.53 Å². The fourth-order valence-corrected chi connectivity index (χ4v) is 4.19. The summed E-state index contributed by atoms with van der Waals surface area (Å²) in [6.07, 6.45) is 0.795. The number of carbonyl (C=O) groups excluding carboxylic acids is 1. The topological polar surface area (TPSA) is 38.3 Å². The monoisotopic (exact) mass is 263 g/mol. The molecule has 5 heteroatoms. The quantitative estimate of drug-likeness (QED) is 0.739. The van der Waals surface area contributed by atoms with Crippen molar-refractivity contribution >= 4 is 29.5 Å². The highest BCUT2D eigenvalue weighted by atomic mass is 32.2. The SMILES string of the molecule is CCOC(=O)C(CC)NCC1CSCCS1. The summed E-state index contributed by atoms with van der Waals surface area (Å²) in [4.78, 5) is 11.6. The summed E-state index contributed by atoms with van der Waals surface area (Å²) in [7, 11) is 0. The third-order valence-electron chi connectivity index (χ3n) is 2.46. The van der Waals surface area contributed by atoms with Gasteiger partial charge in [-0.25, -0.2) is 0 Å². The summed E-state index contributed by atoms with van der Waals surface area (Å²) in [6, 6.07) is -0.132. The molecule has 1 aliphatic rings. The van der Waals surface area contributed by atoms with Crippen LogP contribution in [0, 0.1) is 0 Å². The highest BCUT2D eigenvalue weighted by Gasteiger charge is 2.20. The van der Waals surface area contributed by atoms with Gasteiger partial charge in [0.25, 0.3) is 0 Å². The minimum absolute atomic E-state index is 0.113. The van der Waals surface area contributed by atoms with Crippen LogP contribution in [0.5, 0.6) is 0 Å². The Morgan fingerprint density at radius 2 is 2.31 bits per heavy atom. The van der Waals surface area contributed by atoms with Gasteiger partial charge in [0.15, 0.2) is 0 Å². The molecule has 0 aliphatic carbocycles. The van der Waals surface area contributed by atoms with Crippen LogP contribution in [0.25, 0.3) is 0 Å². The number of hydrogen-bond donors (Lipinski definition) is 1. The third-order valence-corrected chi connectivity index (χ3v) is 5.30. The minimum Gasteiger partial charge on any atom is -0.465 e. The molecule has 2 atom stereocenters. The Balaban J connectivity index is 2.24. The zero-order valence-corrected chi connectivity index (χ0v) is 11.7. The first-order valence-electron chi connectivity index (χ1n) is 5.87. The Hall–Kier alpha value is 0.130. The maximum atomic E-state index is 11.6. The fourth-order valence-electron chi connectivity index (χ4n) is 1.57. The summed E-state index contributed by atoms with van der Waals surface area (Å²) in [5.74, 6) is 3.57. The lowest BCUT2D eigenvalue weighted by Crippen LogP contribution is -2.42. The largest absolute Gasteiger partial charge is 0.465 e. The first-order chi connectivity index (χ1) is 7.77. The molecule has 1 rings (SSSR count). The lowest BCUT2D eigenvalue weighted by Gasteiger charge is -2.23. The van der Waals surface area contributed by atoms with Crippen molar-refractivity contribution in [1.82, 2.24) is 5.32 Å². The van der Waals surface area contributed by atoms with Gasteiger partial charge in [0.1, 0.15) is 6.04 Å². The van der Waals surface area contributed by atoms with Crippen LogP contribution in [0.1, 0.15) is 20.3 Å². The first kappa shape index (κ1) is 14.2. The number of carbonyl (C=O) groups is 1. The summed E-state index contributed by atoms with van der Waals surface area (Å²) in [5.41, 5.74) is 0. The van der Waals surface area contributed by atoms with E-state index in [0.717, 1.165) is 13.0 Å². The van der Waals surface area contributed by atoms with E-state index in [1.165, 1.54) is 17.3 Å². The van der Waals surface area contributed by atoms with E-state index in [4.69, 9.17) is 4.74 Å². The van der Waals surface area contributed by atoms with Crippen LogP contribution in [0.15, 0.2) is 0 Å². The molecule has 0 aromatic carbocycles. The van der Waals surface area contributed by atoms with Crippen LogP contribution in [0.2, 0.25) is 0 Å². The summed E-state index contributed by atoms with van der Waals surface area (Å²) < 4.78 is 5.02. The molecule has 0 spiro atoms. The standard InChI is InChI=1S/C11H21NO2S2/c1-3-10(11(13)14-4-2)12-7-9-8-15-5-6-16-9/h9-10,12H,3-8H2,1-2H3. The Kier molecular flexibility index (Phi) is 7.32. The second-order valence-corrected chi connectivity index (χ2v) is 6.25. The number of nitrogens with one attached hydrogen (secondary N) is 1. The molecule has 0 aromatic heterocycles. The average Bonchev–Trinajstić information content (AvgIpc) is 2.31. The molecule has 1 heterocycles. The van der Waals surface area contributed by atoms with Crippen molar-refractivity contribution in [1.29, 1.82) is 0 Å².